The number of esters is 1. The number of amides is 1. The van der Waals surface area contributed by atoms with Gasteiger partial charge in [0.05, 0.1) is 7.11 Å². The van der Waals surface area contributed by atoms with Crippen LogP contribution in [0.25, 0.3) is 21.9 Å². The van der Waals surface area contributed by atoms with Gasteiger partial charge in [-0.05, 0) is 64.9 Å². The number of nitrogens with one attached hydrogen (secondary N) is 1. The molecule has 0 radical (unpaired) electrons. The molecule has 3 aromatic rings. The molecule has 1 N–H and O–H groups in total. The lowest BCUT2D eigenvalue weighted by atomic mass is 9.95. The third-order valence-electron chi connectivity index (χ3n) is 4.65. The minimum absolute atomic E-state index is 0.392. The van der Waals surface area contributed by atoms with E-state index in [9.17, 15) is 9.59 Å². The van der Waals surface area contributed by atoms with Crippen LogP contribution in [0.2, 0.25) is 0 Å². The second kappa shape index (κ2) is 12.4. The standard InChI is InChI=1S/C17H13Br.C7H13NO3S/c1-12-9-10-14(18)11-17(12)16-8-4-6-13-5-2-3-7-15(13)16;1-11-7(10)6(8-5-9)3-4-12-2/h2-11H,1H3;5-6H,3-4H2,1-2H3,(H,8,9)/t;6-/m.0/s1. The van der Waals surface area contributed by atoms with Gasteiger partial charge in [-0.3, -0.25) is 4.79 Å². The number of hydrogen-bond donors (Lipinski definition) is 1. The molecule has 0 saturated heterocycles. The van der Waals surface area contributed by atoms with Crippen LogP contribution in [-0.4, -0.2) is 37.5 Å². The normalized spacial score (nSPS) is 11.2. The Balaban J connectivity index is 0.000000235. The van der Waals surface area contributed by atoms with Gasteiger partial charge in [0.1, 0.15) is 6.04 Å². The van der Waals surface area contributed by atoms with Crippen LogP contribution in [0.1, 0.15) is 12.0 Å². The molecule has 0 spiro atoms. The highest BCUT2D eigenvalue weighted by Crippen LogP contribution is 2.32. The van der Waals surface area contributed by atoms with Crippen LogP contribution in [0.3, 0.4) is 0 Å². The summed E-state index contributed by atoms with van der Waals surface area (Å²) in [6.07, 6.45) is 3.06. The second-order valence-corrected chi connectivity index (χ2v) is 8.53. The first-order chi connectivity index (χ1) is 14.5. The van der Waals surface area contributed by atoms with Crippen molar-refractivity contribution in [3.8, 4) is 11.1 Å². The van der Waals surface area contributed by atoms with Crippen LogP contribution in [0, 0.1) is 6.92 Å². The van der Waals surface area contributed by atoms with Crippen LogP contribution in [0.4, 0.5) is 0 Å². The third-order valence-corrected chi connectivity index (χ3v) is 5.78. The van der Waals surface area contributed by atoms with Crippen molar-refractivity contribution in [2.75, 3.05) is 19.1 Å². The Morgan fingerprint density at radius 2 is 1.87 bits per heavy atom. The van der Waals surface area contributed by atoms with E-state index in [1.54, 1.807) is 11.8 Å². The number of benzene rings is 3. The maximum absolute atomic E-state index is 11.0. The number of carbonyl (C=O) groups is 2. The molecular formula is C24H26BrNO3S. The highest BCUT2D eigenvalue weighted by atomic mass is 79.9. The SMILES string of the molecule is COC(=O)[C@H](CCSC)NC=O.Cc1ccc(Br)cc1-c1cccc2ccccc12. The van der Waals surface area contributed by atoms with Gasteiger partial charge in [0.25, 0.3) is 0 Å². The van der Waals surface area contributed by atoms with E-state index in [2.05, 4.69) is 93.6 Å². The first kappa shape index (κ1) is 24.0. The Bertz CT molecular complexity index is 988. The molecule has 3 rings (SSSR count). The molecule has 0 aromatic heterocycles. The summed E-state index contributed by atoms with van der Waals surface area (Å²) in [5, 5.41) is 4.99. The van der Waals surface area contributed by atoms with E-state index in [1.807, 2.05) is 6.26 Å². The van der Waals surface area contributed by atoms with Crippen molar-refractivity contribution < 1.29 is 14.3 Å². The lowest BCUT2D eigenvalue weighted by molar-refractivity contribution is -0.144. The monoisotopic (exact) mass is 487 g/mol. The van der Waals surface area contributed by atoms with E-state index in [1.165, 1.54) is 34.6 Å². The van der Waals surface area contributed by atoms with Crippen molar-refractivity contribution >= 4 is 50.8 Å². The van der Waals surface area contributed by atoms with Crippen molar-refractivity contribution in [1.29, 1.82) is 0 Å². The van der Waals surface area contributed by atoms with Gasteiger partial charge in [0.2, 0.25) is 6.41 Å². The van der Waals surface area contributed by atoms with E-state index in [0.29, 0.717) is 12.8 Å². The molecule has 30 heavy (non-hydrogen) atoms. The molecule has 0 saturated carbocycles. The van der Waals surface area contributed by atoms with Crippen LogP contribution in [0.15, 0.2) is 65.1 Å². The van der Waals surface area contributed by atoms with E-state index in [0.717, 1.165) is 10.2 Å². The quantitative estimate of drug-likeness (QED) is 0.347. The van der Waals surface area contributed by atoms with Crippen LogP contribution in [-0.2, 0) is 14.3 Å². The van der Waals surface area contributed by atoms with Crippen LogP contribution < -0.4 is 5.32 Å². The fourth-order valence-electron chi connectivity index (χ4n) is 3.07. The summed E-state index contributed by atoms with van der Waals surface area (Å²) in [4.78, 5) is 21.0. The Morgan fingerprint density at radius 1 is 1.13 bits per heavy atom. The number of fused-ring (bicyclic) bond motifs is 1. The zero-order valence-electron chi connectivity index (χ0n) is 17.4. The number of methoxy groups -OCH3 is 1. The summed E-state index contributed by atoms with van der Waals surface area (Å²) in [6, 6.07) is 20.9. The fourth-order valence-corrected chi connectivity index (χ4v) is 3.91. The largest absolute Gasteiger partial charge is 0.467 e. The summed E-state index contributed by atoms with van der Waals surface area (Å²) in [6.45, 7) is 2.16. The van der Waals surface area contributed by atoms with Gasteiger partial charge in [0, 0.05) is 4.47 Å². The molecule has 158 valence electrons. The van der Waals surface area contributed by atoms with Crippen molar-refractivity contribution in [3.63, 3.8) is 0 Å². The average Bonchev–Trinajstić information content (AvgIpc) is 2.78. The average molecular weight is 488 g/mol. The lowest BCUT2D eigenvalue weighted by Crippen LogP contribution is -2.37. The zero-order valence-corrected chi connectivity index (χ0v) is 19.8. The van der Waals surface area contributed by atoms with Crippen molar-refractivity contribution in [2.45, 2.75) is 19.4 Å². The third kappa shape index (κ3) is 6.61. The van der Waals surface area contributed by atoms with E-state index in [4.69, 9.17) is 0 Å². The Hall–Kier alpha value is -2.31. The van der Waals surface area contributed by atoms with Gasteiger partial charge in [-0.25, -0.2) is 4.79 Å². The minimum atomic E-state index is -0.500. The first-order valence-corrected chi connectivity index (χ1v) is 11.7. The number of carbonyl (C=O) groups excluding carboxylic acids is 2. The number of hydrogen-bond acceptors (Lipinski definition) is 4. The summed E-state index contributed by atoms with van der Waals surface area (Å²) < 4.78 is 5.61. The van der Waals surface area contributed by atoms with Crippen LogP contribution >= 0.6 is 27.7 Å². The van der Waals surface area contributed by atoms with Gasteiger partial charge in [-0.1, -0.05) is 64.5 Å². The fraction of sp³-hybridized carbons (Fsp3) is 0.250. The predicted molar refractivity (Wildman–Crippen MR) is 130 cm³/mol. The first-order valence-electron chi connectivity index (χ1n) is 9.52. The molecule has 0 heterocycles. The number of thioether (sulfide) groups is 1. The summed E-state index contributed by atoms with van der Waals surface area (Å²) in [5.74, 6) is 0.428. The van der Waals surface area contributed by atoms with Gasteiger partial charge in [-0.2, -0.15) is 11.8 Å². The molecule has 1 amide bonds. The second-order valence-electron chi connectivity index (χ2n) is 6.63. The van der Waals surface area contributed by atoms with Gasteiger partial charge in [-0.15, -0.1) is 0 Å². The van der Waals surface area contributed by atoms with Crippen molar-refractivity contribution in [1.82, 2.24) is 5.32 Å². The molecule has 3 aromatic carbocycles. The molecular weight excluding hydrogens is 462 g/mol. The minimum Gasteiger partial charge on any atom is -0.467 e. The van der Waals surface area contributed by atoms with E-state index in [-0.39, 0.29) is 0 Å². The van der Waals surface area contributed by atoms with Gasteiger partial charge < -0.3 is 10.1 Å². The molecule has 0 fully saturated rings. The Labute approximate surface area is 190 Å². The molecule has 6 heteroatoms. The zero-order chi connectivity index (χ0) is 21.9. The summed E-state index contributed by atoms with van der Waals surface area (Å²) >= 11 is 5.18. The van der Waals surface area contributed by atoms with E-state index < -0.39 is 12.0 Å². The van der Waals surface area contributed by atoms with Gasteiger partial charge >= 0.3 is 5.97 Å². The highest BCUT2D eigenvalue weighted by molar-refractivity contribution is 9.10. The smallest absolute Gasteiger partial charge is 0.328 e. The molecule has 4 nitrogen and oxygen atoms in total. The number of aryl methyl sites for hydroxylation is 1. The molecule has 0 unspecified atom stereocenters. The maximum Gasteiger partial charge on any atom is 0.328 e. The number of rotatable bonds is 7. The van der Waals surface area contributed by atoms with E-state index >= 15 is 0 Å². The Kier molecular flexibility index (Phi) is 9.91. The maximum atomic E-state index is 11.0. The highest BCUT2D eigenvalue weighted by Gasteiger charge is 2.16. The Morgan fingerprint density at radius 3 is 2.57 bits per heavy atom. The lowest BCUT2D eigenvalue weighted by Gasteiger charge is -2.11. The summed E-state index contributed by atoms with van der Waals surface area (Å²) in [5.41, 5.74) is 3.89. The number of halogens is 1. The molecule has 0 bridgehead atoms. The molecule has 0 aliphatic carbocycles. The molecule has 0 aliphatic rings. The summed E-state index contributed by atoms with van der Waals surface area (Å²) in [7, 11) is 1.31. The van der Waals surface area contributed by atoms with Crippen LogP contribution in [0.5, 0.6) is 0 Å². The molecule has 1 atom stereocenters. The number of ether oxygens (including phenoxy) is 1. The molecule has 0 aliphatic heterocycles. The predicted octanol–water partition coefficient (Wildman–Crippen LogP) is 5.60. The van der Waals surface area contributed by atoms with Crippen molar-refractivity contribution in [3.05, 3.63) is 70.7 Å². The van der Waals surface area contributed by atoms with Crippen molar-refractivity contribution in [2.24, 2.45) is 0 Å². The topological polar surface area (TPSA) is 55.4 Å². The van der Waals surface area contributed by atoms with Gasteiger partial charge in [0.15, 0.2) is 0 Å².